The van der Waals surface area contributed by atoms with E-state index in [2.05, 4.69) is 36.9 Å². The van der Waals surface area contributed by atoms with Gasteiger partial charge in [0.05, 0.1) is 5.36 Å². The minimum absolute atomic E-state index is 0.254. The van der Waals surface area contributed by atoms with Gasteiger partial charge >= 0.3 is 0 Å². The summed E-state index contributed by atoms with van der Waals surface area (Å²) in [4.78, 5) is 2.44. The van der Waals surface area contributed by atoms with Crippen molar-refractivity contribution in [1.82, 2.24) is 0 Å². The SMILES string of the molecule is CCCCN(CCCC)c1ccc2c(-c3ccc(F)cc3)c3ccc(=N)cc-3oc2c1. The van der Waals surface area contributed by atoms with Crippen molar-refractivity contribution in [1.29, 1.82) is 5.41 Å². The van der Waals surface area contributed by atoms with Crippen LogP contribution in [0.1, 0.15) is 39.5 Å². The Morgan fingerprint density at radius 3 is 2.26 bits per heavy atom. The molecule has 2 aliphatic rings. The largest absolute Gasteiger partial charge is 0.456 e. The van der Waals surface area contributed by atoms with E-state index in [1.54, 1.807) is 24.3 Å². The molecule has 1 heterocycles. The summed E-state index contributed by atoms with van der Waals surface area (Å²) < 4.78 is 19.9. The van der Waals surface area contributed by atoms with Crippen LogP contribution in [0.2, 0.25) is 0 Å². The molecule has 4 rings (SSSR count). The van der Waals surface area contributed by atoms with Crippen molar-refractivity contribution in [2.75, 3.05) is 18.0 Å². The lowest BCUT2D eigenvalue weighted by Crippen LogP contribution is -2.25. The number of fused-ring (bicyclic) bond motifs is 2. The topological polar surface area (TPSA) is 40.2 Å². The van der Waals surface area contributed by atoms with Crippen LogP contribution in [-0.2, 0) is 0 Å². The summed E-state index contributed by atoms with van der Waals surface area (Å²) in [7, 11) is 0. The van der Waals surface area contributed by atoms with Crippen molar-refractivity contribution >= 4 is 16.7 Å². The van der Waals surface area contributed by atoms with Gasteiger partial charge in [-0.15, -0.1) is 0 Å². The van der Waals surface area contributed by atoms with E-state index in [9.17, 15) is 4.39 Å². The molecule has 3 nitrogen and oxygen atoms in total. The summed E-state index contributed by atoms with van der Waals surface area (Å²) >= 11 is 0. The van der Waals surface area contributed by atoms with E-state index in [0.29, 0.717) is 11.1 Å². The minimum atomic E-state index is -0.254. The van der Waals surface area contributed by atoms with E-state index in [1.807, 2.05) is 6.07 Å². The van der Waals surface area contributed by atoms with E-state index in [1.165, 1.54) is 12.1 Å². The molecule has 1 aliphatic heterocycles. The minimum Gasteiger partial charge on any atom is -0.456 e. The highest BCUT2D eigenvalue weighted by Gasteiger charge is 2.18. The lowest BCUT2D eigenvalue weighted by Gasteiger charge is -2.25. The number of hydrogen-bond acceptors (Lipinski definition) is 3. The highest BCUT2D eigenvalue weighted by molar-refractivity contribution is 6.02. The Hall–Kier alpha value is -3.14. The molecule has 1 aliphatic carbocycles. The first kappa shape index (κ1) is 21.1. The normalized spacial score (nSPS) is 11.3. The molecule has 0 bridgehead atoms. The van der Waals surface area contributed by atoms with Gasteiger partial charge < -0.3 is 14.7 Å². The maximum absolute atomic E-state index is 13.6. The standard InChI is InChI=1S/C27H29FN2O/c1-3-5-15-30(16-6-4-2)22-12-14-24-26(18-22)31-25-17-21(29)11-13-23(25)27(24)19-7-9-20(28)10-8-19/h7-14,17-18,29H,3-6,15-16H2,1-2H3. The van der Waals surface area contributed by atoms with Crippen LogP contribution in [0.4, 0.5) is 10.1 Å². The molecule has 0 atom stereocenters. The van der Waals surface area contributed by atoms with Crippen LogP contribution in [0.25, 0.3) is 33.4 Å². The first-order chi connectivity index (χ1) is 15.1. The lowest BCUT2D eigenvalue weighted by atomic mass is 9.93. The quantitative estimate of drug-likeness (QED) is 0.308. The maximum Gasteiger partial charge on any atom is 0.137 e. The maximum atomic E-state index is 13.6. The van der Waals surface area contributed by atoms with Crippen molar-refractivity contribution in [2.24, 2.45) is 0 Å². The first-order valence-electron chi connectivity index (χ1n) is 11.2. The van der Waals surface area contributed by atoms with Crippen LogP contribution in [0.15, 0.2) is 65.1 Å². The number of unbranched alkanes of at least 4 members (excludes halogenated alkanes) is 2. The van der Waals surface area contributed by atoms with Gasteiger partial charge in [-0.2, -0.15) is 0 Å². The van der Waals surface area contributed by atoms with Gasteiger partial charge in [0.2, 0.25) is 0 Å². The van der Waals surface area contributed by atoms with Crippen LogP contribution < -0.4 is 10.3 Å². The molecule has 0 saturated carbocycles. The van der Waals surface area contributed by atoms with Gasteiger partial charge in [-0.3, -0.25) is 0 Å². The Kier molecular flexibility index (Phi) is 6.36. The van der Waals surface area contributed by atoms with Crippen LogP contribution in [-0.4, -0.2) is 13.1 Å². The van der Waals surface area contributed by atoms with Gasteiger partial charge in [0.15, 0.2) is 0 Å². The molecule has 31 heavy (non-hydrogen) atoms. The highest BCUT2D eigenvalue weighted by Crippen LogP contribution is 2.40. The lowest BCUT2D eigenvalue weighted by molar-refractivity contribution is 0.617. The molecule has 0 amide bonds. The molecule has 0 radical (unpaired) electrons. The molecule has 0 spiro atoms. The van der Waals surface area contributed by atoms with Gasteiger partial charge in [-0.1, -0.05) is 38.8 Å². The van der Waals surface area contributed by atoms with E-state index in [4.69, 9.17) is 9.83 Å². The molecule has 0 unspecified atom stereocenters. The number of nitrogens with one attached hydrogen (secondary N) is 1. The monoisotopic (exact) mass is 416 g/mol. The van der Waals surface area contributed by atoms with Crippen LogP contribution >= 0.6 is 0 Å². The number of anilines is 1. The predicted octanol–water partition coefficient (Wildman–Crippen LogP) is 7.23. The summed E-state index contributed by atoms with van der Waals surface area (Å²) in [5.74, 6) is 0.418. The molecular formula is C27H29FN2O. The zero-order valence-corrected chi connectivity index (χ0v) is 18.2. The molecule has 0 aromatic heterocycles. The number of halogens is 1. The molecule has 4 heteroatoms. The molecule has 2 aromatic rings. The average Bonchev–Trinajstić information content (AvgIpc) is 2.78. The van der Waals surface area contributed by atoms with Gasteiger partial charge in [-0.25, -0.2) is 4.39 Å². The Labute approximate surface area is 183 Å². The van der Waals surface area contributed by atoms with E-state index < -0.39 is 0 Å². The molecule has 0 fully saturated rings. The number of benzene rings is 3. The fraction of sp³-hybridized carbons (Fsp3) is 0.296. The second-order valence-electron chi connectivity index (χ2n) is 8.07. The van der Waals surface area contributed by atoms with E-state index in [0.717, 1.165) is 72.1 Å². The average molecular weight is 417 g/mol. The van der Waals surface area contributed by atoms with Crippen LogP contribution in [0, 0.1) is 11.2 Å². The second-order valence-corrected chi connectivity index (χ2v) is 8.07. The third-order valence-electron chi connectivity index (χ3n) is 5.77. The van der Waals surface area contributed by atoms with Crippen molar-refractivity contribution in [2.45, 2.75) is 39.5 Å². The molecular weight excluding hydrogens is 387 g/mol. The fourth-order valence-electron chi connectivity index (χ4n) is 4.07. The number of nitrogens with zero attached hydrogens (tertiary/aromatic N) is 1. The Morgan fingerprint density at radius 2 is 1.58 bits per heavy atom. The summed E-state index contributed by atoms with van der Waals surface area (Å²) in [5, 5.41) is 9.43. The first-order valence-corrected chi connectivity index (χ1v) is 11.2. The third kappa shape index (κ3) is 4.48. The zero-order chi connectivity index (χ0) is 21.8. The van der Waals surface area contributed by atoms with Crippen molar-refractivity contribution in [3.63, 3.8) is 0 Å². The Balaban J connectivity index is 1.91. The molecule has 160 valence electrons. The highest BCUT2D eigenvalue weighted by atomic mass is 19.1. The van der Waals surface area contributed by atoms with E-state index >= 15 is 0 Å². The van der Waals surface area contributed by atoms with Gasteiger partial charge in [0, 0.05) is 47.4 Å². The Morgan fingerprint density at radius 1 is 0.871 bits per heavy atom. The summed E-state index contributed by atoms with van der Waals surface area (Å²) in [6.07, 6.45) is 4.62. The zero-order valence-electron chi connectivity index (χ0n) is 18.2. The van der Waals surface area contributed by atoms with Crippen molar-refractivity contribution in [3.8, 4) is 22.5 Å². The van der Waals surface area contributed by atoms with Crippen molar-refractivity contribution in [3.05, 3.63) is 71.8 Å². The third-order valence-corrected chi connectivity index (χ3v) is 5.77. The summed E-state index contributed by atoms with van der Waals surface area (Å²) in [6.45, 7) is 6.48. The van der Waals surface area contributed by atoms with Crippen LogP contribution in [0.3, 0.4) is 0 Å². The Bertz CT molecular complexity index is 1190. The molecule has 2 aromatic carbocycles. The van der Waals surface area contributed by atoms with Gasteiger partial charge in [0.25, 0.3) is 0 Å². The van der Waals surface area contributed by atoms with Crippen molar-refractivity contribution < 1.29 is 8.81 Å². The number of hydrogen-bond donors (Lipinski definition) is 1. The van der Waals surface area contributed by atoms with Crippen LogP contribution in [0.5, 0.6) is 0 Å². The number of rotatable bonds is 8. The summed E-state index contributed by atoms with van der Waals surface area (Å²) in [6, 6.07) is 18.4. The molecule has 1 N–H and O–H groups in total. The predicted molar refractivity (Wildman–Crippen MR) is 126 cm³/mol. The molecule has 0 saturated heterocycles. The van der Waals surface area contributed by atoms with E-state index in [-0.39, 0.29) is 5.82 Å². The second kappa shape index (κ2) is 9.34. The van der Waals surface area contributed by atoms with Gasteiger partial charge in [-0.05, 0) is 54.8 Å². The fourth-order valence-corrected chi connectivity index (χ4v) is 4.07. The summed E-state index contributed by atoms with van der Waals surface area (Å²) in [5.41, 5.74) is 4.82. The smallest absolute Gasteiger partial charge is 0.137 e. The van der Waals surface area contributed by atoms with Gasteiger partial charge in [0.1, 0.15) is 17.2 Å².